The summed E-state index contributed by atoms with van der Waals surface area (Å²) in [6.45, 7) is 7.24. The zero-order valence-electron chi connectivity index (χ0n) is 21.9. The number of anilines is 1. The summed E-state index contributed by atoms with van der Waals surface area (Å²) in [7, 11) is 1.57. The Labute approximate surface area is 226 Å². The van der Waals surface area contributed by atoms with E-state index in [0.29, 0.717) is 18.0 Å². The molecule has 0 unspecified atom stereocenters. The third-order valence-corrected chi connectivity index (χ3v) is 5.56. The molecule has 0 amide bonds. The molecular weight excluding hydrogens is 537 g/mol. The molecule has 1 saturated heterocycles. The topological polar surface area (TPSA) is 141 Å². The summed E-state index contributed by atoms with van der Waals surface area (Å²) >= 11 is 0. The minimum absolute atomic E-state index is 0.0299. The number of aliphatic carboxylic acids is 1. The van der Waals surface area contributed by atoms with Crippen molar-refractivity contribution in [1.29, 1.82) is 0 Å². The van der Waals surface area contributed by atoms with Crippen LogP contribution in [0.1, 0.15) is 24.2 Å². The lowest BCUT2D eigenvalue weighted by molar-refractivity contribution is -0.192. The van der Waals surface area contributed by atoms with Gasteiger partial charge in [-0.15, -0.1) is 5.92 Å². The highest BCUT2D eigenvalue weighted by atomic mass is 19.4. The summed E-state index contributed by atoms with van der Waals surface area (Å²) in [5.41, 5.74) is 0.572. The van der Waals surface area contributed by atoms with Crippen LogP contribution in [0.15, 0.2) is 29.1 Å². The first-order chi connectivity index (χ1) is 19.0. The zero-order valence-corrected chi connectivity index (χ0v) is 21.9. The van der Waals surface area contributed by atoms with Gasteiger partial charge in [-0.3, -0.25) is 13.9 Å². The molecule has 2 N–H and O–H groups in total. The number of hydrogen-bond donors (Lipinski definition) is 2. The van der Waals surface area contributed by atoms with Crippen molar-refractivity contribution in [2.24, 2.45) is 7.05 Å². The molecular formula is C25H27F3N6O6. The van der Waals surface area contributed by atoms with Crippen LogP contribution in [0.2, 0.25) is 0 Å². The molecule has 0 aliphatic carbocycles. The average molecular weight is 565 g/mol. The van der Waals surface area contributed by atoms with Gasteiger partial charge in [-0.05, 0) is 26.0 Å². The van der Waals surface area contributed by atoms with E-state index < -0.39 is 18.1 Å². The van der Waals surface area contributed by atoms with Gasteiger partial charge in [0.2, 0.25) is 5.95 Å². The Morgan fingerprint density at radius 2 is 1.82 bits per heavy atom. The number of rotatable bonds is 6. The van der Waals surface area contributed by atoms with Gasteiger partial charge in [-0.1, -0.05) is 18.1 Å². The van der Waals surface area contributed by atoms with Crippen molar-refractivity contribution in [3.8, 4) is 23.6 Å². The summed E-state index contributed by atoms with van der Waals surface area (Å²) in [6.07, 6.45) is -5.08. The van der Waals surface area contributed by atoms with Gasteiger partial charge >= 0.3 is 24.1 Å². The standard InChI is InChI=1S/C23H26N6O4.C2HF3O2/c1-4-6-13-29-18-19(25-22(29)28-14-11-24-12-15-28)26-23(27(3)20(18)30)33-17-10-8-7-9-16(17)21(31)32-5-2;3-2(4,5)1(6)7/h7-10,24H,5,11-15H2,1-3H3;(H,6,7). The van der Waals surface area contributed by atoms with Crippen LogP contribution < -0.4 is 20.5 Å². The Kier molecular flexibility index (Phi) is 9.73. The maximum atomic E-state index is 13.4. The molecule has 0 spiro atoms. The molecule has 0 atom stereocenters. The fourth-order valence-electron chi connectivity index (χ4n) is 3.67. The number of carbonyl (C=O) groups excluding carboxylic acids is 1. The predicted octanol–water partition coefficient (Wildman–Crippen LogP) is 2.17. The Bertz CT molecular complexity index is 1500. The van der Waals surface area contributed by atoms with Gasteiger partial charge in [-0.2, -0.15) is 23.1 Å². The molecule has 12 nitrogen and oxygen atoms in total. The molecule has 0 saturated carbocycles. The maximum absolute atomic E-state index is 13.4. The summed E-state index contributed by atoms with van der Waals surface area (Å²) in [4.78, 5) is 45.9. The molecule has 1 aliphatic heterocycles. The monoisotopic (exact) mass is 564 g/mol. The van der Waals surface area contributed by atoms with E-state index in [9.17, 15) is 22.8 Å². The van der Waals surface area contributed by atoms with Crippen molar-refractivity contribution in [1.82, 2.24) is 24.4 Å². The Hall–Kier alpha value is -4.58. The summed E-state index contributed by atoms with van der Waals surface area (Å²) in [5.74, 6) is 3.54. The van der Waals surface area contributed by atoms with E-state index in [1.165, 1.54) is 4.57 Å². The molecule has 0 radical (unpaired) electrons. The van der Waals surface area contributed by atoms with Gasteiger partial charge in [0.1, 0.15) is 11.3 Å². The fourth-order valence-corrected chi connectivity index (χ4v) is 3.67. The van der Waals surface area contributed by atoms with Crippen LogP contribution in [0, 0.1) is 11.8 Å². The summed E-state index contributed by atoms with van der Waals surface area (Å²) < 4.78 is 45.9. The van der Waals surface area contributed by atoms with Crippen LogP contribution in [0.3, 0.4) is 0 Å². The largest absolute Gasteiger partial charge is 0.490 e. The number of piperazine rings is 1. The van der Waals surface area contributed by atoms with Crippen molar-refractivity contribution in [3.63, 3.8) is 0 Å². The normalized spacial score (nSPS) is 13.1. The van der Waals surface area contributed by atoms with Crippen molar-refractivity contribution < 1.29 is 37.3 Å². The van der Waals surface area contributed by atoms with Crippen LogP contribution in [-0.2, 0) is 23.1 Å². The van der Waals surface area contributed by atoms with E-state index in [0.717, 1.165) is 26.2 Å². The first kappa shape index (κ1) is 30.0. The number of nitrogens with zero attached hydrogens (tertiary/aromatic N) is 5. The van der Waals surface area contributed by atoms with Gasteiger partial charge in [-0.25, -0.2) is 9.59 Å². The number of benzene rings is 1. The lowest BCUT2D eigenvalue weighted by Crippen LogP contribution is -2.44. The van der Waals surface area contributed by atoms with Gasteiger partial charge in [0.15, 0.2) is 11.2 Å². The van der Waals surface area contributed by atoms with E-state index in [-0.39, 0.29) is 35.1 Å². The van der Waals surface area contributed by atoms with Gasteiger partial charge in [0, 0.05) is 33.2 Å². The second-order valence-electron chi connectivity index (χ2n) is 8.21. The Balaban J connectivity index is 0.000000559. The first-order valence-electron chi connectivity index (χ1n) is 12.1. The number of aromatic nitrogens is 4. The highest BCUT2D eigenvalue weighted by Gasteiger charge is 2.38. The van der Waals surface area contributed by atoms with Gasteiger partial charge in [0.25, 0.3) is 5.56 Å². The molecule has 1 aromatic carbocycles. The maximum Gasteiger partial charge on any atom is 0.490 e. The van der Waals surface area contributed by atoms with Crippen LogP contribution in [-0.4, -0.2) is 75.1 Å². The van der Waals surface area contributed by atoms with E-state index in [4.69, 9.17) is 19.4 Å². The molecule has 0 bridgehead atoms. The van der Waals surface area contributed by atoms with Crippen LogP contribution in [0.4, 0.5) is 19.1 Å². The highest BCUT2D eigenvalue weighted by Crippen LogP contribution is 2.26. The minimum Gasteiger partial charge on any atom is -0.475 e. The van der Waals surface area contributed by atoms with E-state index in [1.807, 2.05) is 4.57 Å². The van der Waals surface area contributed by atoms with E-state index >= 15 is 0 Å². The zero-order chi connectivity index (χ0) is 29.4. The number of fused-ring (bicyclic) bond motifs is 1. The number of para-hydroxylation sites is 1. The number of alkyl halides is 3. The minimum atomic E-state index is -5.08. The molecule has 214 valence electrons. The number of carboxylic acids is 1. The number of nitrogens with one attached hydrogen (secondary N) is 1. The lowest BCUT2D eigenvalue weighted by Gasteiger charge is -2.28. The number of halogens is 3. The molecule has 40 heavy (non-hydrogen) atoms. The van der Waals surface area contributed by atoms with Crippen molar-refractivity contribution in [2.45, 2.75) is 26.6 Å². The van der Waals surface area contributed by atoms with Crippen LogP contribution in [0.25, 0.3) is 11.2 Å². The Morgan fingerprint density at radius 1 is 1.18 bits per heavy atom. The number of hydrogen-bond acceptors (Lipinski definition) is 9. The fraction of sp³-hybridized carbons (Fsp3) is 0.400. The molecule has 1 aliphatic rings. The second kappa shape index (κ2) is 13.0. The quantitative estimate of drug-likeness (QED) is 0.338. The number of carbonyl (C=O) groups is 2. The molecule has 3 aromatic rings. The molecule has 4 rings (SSSR count). The third-order valence-electron chi connectivity index (χ3n) is 5.56. The first-order valence-corrected chi connectivity index (χ1v) is 12.1. The smallest absolute Gasteiger partial charge is 0.475 e. The van der Waals surface area contributed by atoms with Crippen molar-refractivity contribution >= 4 is 29.1 Å². The van der Waals surface area contributed by atoms with Gasteiger partial charge in [0.05, 0.1) is 13.2 Å². The average Bonchev–Trinajstić information content (AvgIpc) is 3.29. The van der Waals surface area contributed by atoms with Crippen molar-refractivity contribution in [3.05, 3.63) is 40.2 Å². The molecule has 2 aromatic heterocycles. The predicted molar refractivity (Wildman–Crippen MR) is 137 cm³/mol. The third kappa shape index (κ3) is 6.89. The van der Waals surface area contributed by atoms with E-state index in [1.54, 1.807) is 45.2 Å². The number of esters is 1. The summed E-state index contributed by atoms with van der Waals surface area (Å²) in [5, 5.41) is 10.4. The number of ether oxygens (including phenoxy) is 2. The Morgan fingerprint density at radius 3 is 2.42 bits per heavy atom. The lowest BCUT2D eigenvalue weighted by atomic mass is 10.2. The molecule has 1 fully saturated rings. The highest BCUT2D eigenvalue weighted by molar-refractivity contribution is 5.92. The van der Waals surface area contributed by atoms with Gasteiger partial charge < -0.3 is 24.8 Å². The van der Waals surface area contributed by atoms with Crippen LogP contribution >= 0.6 is 0 Å². The van der Waals surface area contributed by atoms with E-state index in [2.05, 4.69) is 32.0 Å². The second-order valence-corrected chi connectivity index (χ2v) is 8.21. The molecule has 15 heteroatoms. The number of imidazole rings is 1. The molecule has 3 heterocycles. The van der Waals surface area contributed by atoms with Crippen LogP contribution in [0.5, 0.6) is 11.8 Å². The SMILES string of the molecule is CC#CCn1c(N2CCNCC2)nc2nc(Oc3ccccc3C(=O)OCC)n(C)c(=O)c21.O=C(O)C(F)(F)F. The van der Waals surface area contributed by atoms with Crippen molar-refractivity contribution in [2.75, 3.05) is 37.7 Å². The summed E-state index contributed by atoms with van der Waals surface area (Å²) in [6, 6.07) is 6.71. The number of carboxylic acid groups (broad SMARTS) is 1.